The van der Waals surface area contributed by atoms with Crippen LogP contribution in [0.2, 0.25) is 0 Å². The molecule has 0 rings (SSSR count). The Balaban J connectivity index is 4.07. The number of carbonyl (C=O) groups excluding carboxylic acids is 2. The van der Waals surface area contributed by atoms with Crippen LogP contribution in [0.15, 0.2) is 36.3 Å². The second kappa shape index (κ2) is 10.8. The minimum atomic E-state index is -0.249. The number of rotatable bonds is 9. The summed E-state index contributed by atoms with van der Waals surface area (Å²) < 4.78 is 9.62. The molecular formula is C15H23NO4. The van der Waals surface area contributed by atoms with Gasteiger partial charge in [0, 0.05) is 18.5 Å². The van der Waals surface area contributed by atoms with Crippen molar-refractivity contribution in [2.45, 2.75) is 32.6 Å². The normalized spacial score (nSPS) is 11.8. The van der Waals surface area contributed by atoms with E-state index in [1.165, 1.54) is 7.11 Å². The van der Waals surface area contributed by atoms with E-state index in [9.17, 15) is 9.59 Å². The highest BCUT2D eigenvalue weighted by atomic mass is 16.5. The Kier molecular flexibility index (Phi) is 9.74. The molecule has 0 aliphatic heterocycles. The van der Waals surface area contributed by atoms with Crippen molar-refractivity contribution in [1.29, 1.82) is 0 Å². The summed E-state index contributed by atoms with van der Waals surface area (Å²) in [5.74, 6) is 0.280. The molecule has 5 nitrogen and oxygen atoms in total. The van der Waals surface area contributed by atoms with Gasteiger partial charge < -0.3 is 14.8 Å². The van der Waals surface area contributed by atoms with Gasteiger partial charge in [0.25, 0.3) is 0 Å². The minimum Gasteiger partial charge on any atom is -0.497 e. The second-order valence-electron chi connectivity index (χ2n) is 4.17. The van der Waals surface area contributed by atoms with Crippen molar-refractivity contribution in [3.8, 4) is 0 Å². The highest BCUT2D eigenvalue weighted by molar-refractivity contribution is 5.77. The molecule has 112 valence electrons. The van der Waals surface area contributed by atoms with Crippen LogP contribution in [0, 0.1) is 0 Å². The van der Waals surface area contributed by atoms with E-state index in [4.69, 9.17) is 4.74 Å². The van der Waals surface area contributed by atoms with Crippen LogP contribution in [0.5, 0.6) is 0 Å². The van der Waals surface area contributed by atoms with Crippen molar-refractivity contribution < 1.29 is 19.1 Å². The van der Waals surface area contributed by atoms with E-state index >= 15 is 0 Å². The third-order valence-corrected chi connectivity index (χ3v) is 2.48. The van der Waals surface area contributed by atoms with Crippen molar-refractivity contribution in [1.82, 2.24) is 5.32 Å². The van der Waals surface area contributed by atoms with Gasteiger partial charge in [-0.1, -0.05) is 12.7 Å². The quantitative estimate of drug-likeness (QED) is 0.305. The molecule has 20 heavy (non-hydrogen) atoms. The van der Waals surface area contributed by atoms with Gasteiger partial charge in [-0.05, 0) is 31.9 Å². The average molecular weight is 281 g/mol. The third-order valence-electron chi connectivity index (χ3n) is 2.48. The summed E-state index contributed by atoms with van der Waals surface area (Å²) >= 11 is 0. The Morgan fingerprint density at radius 2 is 1.80 bits per heavy atom. The molecule has 5 heteroatoms. The predicted molar refractivity (Wildman–Crippen MR) is 77.7 cm³/mol. The Hall–Kier alpha value is -2.04. The molecule has 0 aliphatic carbocycles. The predicted octanol–water partition coefficient (Wildman–Crippen LogP) is 2.46. The van der Waals surface area contributed by atoms with E-state index in [2.05, 4.69) is 16.6 Å². The lowest BCUT2D eigenvalue weighted by molar-refractivity contribution is -0.140. The van der Waals surface area contributed by atoms with E-state index in [0.29, 0.717) is 37.1 Å². The van der Waals surface area contributed by atoms with Crippen LogP contribution in [0.4, 0.5) is 0 Å². The summed E-state index contributed by atoms with van der Waals surface area (Å²) in [7, 11) is 2.90. The maximum Gasteiger partial charge on any atom is 0.305 e. The monoisotopic (exact) mass is 281 g/mol. The molecule has 0 fully saturated rings. The zero-order valence-corrected chi connectivity index (χ0v) is 12.4. The zero-order valence-electron chi connectivity index (χ0n) is 12.4. The summed E-state index contributed by atoms with van der Waals surface area (Å²) in [6, 6.07) is 0. The molecule has 0 aromatic carbocycles. The maximum absolute atomic E-state index is 11.6. The second-order valence-corrected chi connectivity index (χ2v) is 4.17. The number of amides is 1. The summed E-state index contributed by atoms with van der Waals surface area (Å²) in [5.41, 5.74) is 0.693. The van der Waals surface area contributed by atoms with Crippen molar-refractivity contribution in [2.75, 3.05) is 14.2 Å². The van der Waals surface area contributed by atoms with Gasteiger partial charge in [0.2, 0.25) is 5.91 Å². The van der Waals surface area contributed by atoms with Crippen molar-refractivity contribution in [3.05, 3.63) is 36.3 Å². The Morgan fingerprint density at radius 3 is 2.35 bits per heavy atom. The van der Waals surface area contributed by atoms with Crippen LogP contribution in [0.1, 0.15) is 32.6 Å². The van der Waals surface area contributed by atoms with E-state index in [1.807, 2.05) is 0 Å². The summed E-state index contributed by atoms with van der Waals surface area (Å²) in [5, 5.41) is 2.76. The number of unbranched alkanes of at least 4 members (excludes halogenated alkanes) is 1. The smallest absolute Gasteiger partial charge is 0.305 e. The SMILES string of the molecule is C=C/C=C(\C=C(/C)NC(=O)CCCCC(=O)OC)OC. The molecule has 0 aliphatic rings. The molecule has 0 heterocycles. The number of ether oxygens (including phenoxy) is 2. The van der Waals surface area contributed by atoms with Crippen molar-refractivity contribution in [2.24, 2.45) is 0 Å². The molecule has 1 N–H and O–H groups in total. The lowest BCUT2D eigenvalue weighted by Crippen LogP contribution is -2.21. The topological polar surface area (TPSA) is 64.6 Å². The molecule has 0 atom stereocenters. The van der Waals surface area contributed by atoms with Crippen LogP contribution in [-0.4, -0.2) is 26.1 Å². The third kappa shape index (κ3) is 8.97. The number of esters is 1. The highest BCUT2D eigenvalue weighted by Crippen LogP contribution is 2.04. The fourth-order valence-corrected chi connectivity index (χ4v) is 1.48. The van der Waals surface area contributed by atoms with Gasteiger partial charge in [-0.3, -0.25) is 9.59 Å². The number of hydrogen-bond donors (Lipinski definition) is 1. The van der Waals surface area contributed by atoms with E-state index in [0.717, 1.165) is 0 Å². The van der Waals surface area contributed by atoms with Crippen molar-refractivity contribution >= 4 is 11.9 Å². The van der Waals surface area contributed by atoms with Gasteiger partial charge in [-0.15, -0.1) is 0 Å². The number of methoxy groups -OCH3 is 2. The molecule has 0 aromatic heterocycles. The van der Waals surface area contributed by atoms with Crippen LogP contribution >= 0.6 is 0 Å². The lowest BCUT2D eigenvalue weighted by atomic mass is 10.2. The number of allylic oxidation sites excluding steroid dienone is 4. The molecule has 0 saturated carbocycles. The molecule has 0 unspecified atom stereocenters. The molecule has 0 saturated heterocycles. The van der Waals surface area contributed by atoms with Crippen LogP contribution in [-0.2, 0) is 19.1 Å². The molecule has 0 aromatic rings. The first-order valence-electron chi connectivity index (χ1n) is 6.45. The first-order chi connectivity index (χ1) is 9.53. The van der Waals surface area contributed by atoms with Crippen molar-refractivity contribution in [3.63, 3.8) is 0 Å². The van der Waals surface area contributed by atoms with E-state index in [1.54, 1.807) is 32.3 Å². The largest absolute Gasteiger partial charge is 0.497 e. The summed E-state index contributed by atoms with van der Waals surface area (Å²) in [6.45, 7) is 5.36. The van der Waals surface area contributed by atoms with Gasteiger partial charge in [0.1, 0.15) is 5.76 Å². The number of nitrogens with one attached hydrogen (secondary N) is 1. The fraction of sp³-hybridized carbons (Fsp3) is 0.467. The van der Waals surface area contributed by atoms with Gasteiger partial charge in [0.05, 0.1) is 14.2 Å². The molecule has 0 bridgehead atoms. The van der Waals surface area contributed by atoms with E-state index < -0.39 is 0 Å². The fourth-order valence-electron chi connectivity index (χ4n) is 1.48. The first-order valence-corrected chi connectivity index (χ1v) is 6.45. The van der Waals surface area contributed by atoms with Gasteiger partial charge in [0.15, 0.2) is 0 Å². The number of carbonyl (C=O) groups is 2. The Morgan fingerprint density at radius 1 is 1.15 bits per heavy atom. The van der Waals surface area contributed by atoms with E-state index in [-0.39, 0.29) is 11.9 Å². The molecule has 0 radical (unpaired) electrons. The van der Waals surface area contributed by atoms with Gasteiger partial charge >= 0.3 is 5.97 Å². The maximum atomic E-state index is 11.6. The minimum absolute atomic E-state index is 0.0855. The number of hydrogen-bond acceptors (Lipinski definition) is 4. The van der Waals surface area contributed by atoms with Crippen LogP contribution < -0.4 is 5.32 Å². The zero-order chi connectivity index (χ0) is 15.4. The standard InChI is InChI=1S/C15H23NO4/c1-5-8-13(19-3)11-12(2)16-14(17)9-6-7-10-15(18)20-4/h5,8,11H,1,6-7,9-10H2,2-4H3,(H,16,17)/b12-11+,13-8+. The summed E-state index contributed by atoms with van der Waals surface area (Å²) in [4.78, 5) is 22.5. The Labute approximate surface area is 120 Å². The Bertz CT molecular complexity index is 397. The first kappa shape index (κ1) is 18.0. The summed E-state index contributed by atoms with van der Waals surface area (Å²) in [6.07, 6.45) is 7.03. The molecule has 1 amide bonds. The average Bonchev–Trinajstić information content (AvgIpc) is 2.42. The molecule has 0 spiro atoms. The van der Waals surface area contributed by atoms with Crippen LogP contribution in [0.3, 0.4) is 0 Å². The van der Waals surface area contributed by atoms with Gasteiger partial charge in [-0.25, -0.2) is 0 Å². The van der Waals surface area contributed by atoms with Crippen LogP contribution in [0.25, 0.3) is 0 Å². The highest BCUT2D eigenvalue weighted by Gasteiger charge is 2.04. The lowest BCUT2D eigenvalue weighted by Gasteiger charge is -2.06. The molecular weight excluding hydrogens is 258 g/mol. The van der Waals surface area contributed by atoms with Gasteiger partial charge in [-0.2, -0.15) is 0 Å².